The summed E-state index contributed by atoms with van der Waals surface area (Å²) in [7, 11) is 0. The van der Waals surface area contributed by atoms with E-state index < -0.39 is 6.09 Å². The Bertz CT molecular complexity index is 383. The maximum atomic E-state index is 11.1. The molecule has 0 saturated carbocycles. The molecule has 0 spiro atoms. The number of anilines is 2. The van der Waals surface area contributed by atoms with Crippen molar-refractivity contribution in [1.82, 2.24) is 0 Å². The standard InChI is InChI=1S/C9H10Cl2N2O2/c1-2-15-9(14)13-8-4-5(10)7(12)3-6(8)11/h3-4H,2,12H2,1H3,(H,13,14). The highest BCUT2D eigenvalue weighted by Crippen LogP contribution is 2.30. The Hall–Kier alpha value is -1.13. The van der Waals surface area contributed by atoms with Gasteiger partial charge in [0.25, 0.3) is 0 Å². The molecule has 82 valence electrons. The lowest BCUT2D eigenvalue weighted by molar-refractivity contribution is 0.168. The lowest BCUT2D eigenvalue weighted by Crippen LogP contribution is -2.13. The van der Waals surface area contributed by atoms with Gasteiger partial charge in [-0.15, -0.1) is 0 Å². The lowest BCUT2D eigenvalue weighted by atomic mass is 10.3. The van der Waals surface area contributed by atoms with Gasteiger partial charge >= 0.3 is 6.09 Å². The van der Waals surface area contributed by atoms with Crippen LogP contribution in [-0.2, 0) is 4.74 Å². The molecule has 0 fully saturated rings. The van der Waals surface area contributed by atoms with E-state index in [-0.39, 0.29) is 6.61 Å². The fourth-order valence-corrected chi connectivity index (χ4v) is 1.32. The van der Waals surface area contributed by atoms with E-state index >= 15 is 0 Å². The zero-order valence-corrected chi connectivity index (χ0v) is 9.52. The van der Waals surface area contributed by atoms with Gasteiger partial charge in [-0.3, -0.25) is 5.32 Å². The van der Waals surface area contributed by atoms with Crippen LogP contribution in [0.5, 0.6) is 0 Å². The van der Waals surface area contributed by atoms with E-state index in [0.717, 1.165) is 0 Å². The van der Waals surface area contributed by atoms with Crippen molar-refractivity contribution in [3.8, 4) is 0 Å². The first-order valence-electron chi connectivity index (χ1n) is 4.23. The monoisotopic (exact) mass is 248 g/mol. The Morgan fingerprint density at radius 3 is 2.73 bits per heavy atom. The fourth-order valence-electron chi connectivity index (χ4n) is 0.935. The van der Waals surface area contributed by atoms with Gasteiger partial charge in [0.05, 0.1) is 28.0 Å². The molecule has 0 unspecified atom stereocenters. The molecule has 0 aliphatic rings. The van der Waals surface area contributed by atoms with E-state index in [1.54, 1.807) is 6.92 Å². The van der Waals surface area contributed by atoms with Crippen molar-refractivity contribution in [2.75, 3.05) is 17.7 Å². The number of carbonyl (C=O) groups excluding carboxylic acids is 1. The minimum Gasteiger partial charge on any atom is -0.450 e. The van der Waals surface area contributed by atoms with Gasteiger partial charge in [0.1, 0.15) is 0 Å². The predicted octanol–water partition coefficient (Wildman–Crippen LogP) is 3.14. The molecule has 1 rings (SSSR count). The summed E-state index contributed by atoms with van der Waals surface area (Å²) in [4.78, 5) is 11.1. The minimum atomic E-state index is -0.583. The first-order valence-corrected chi connectivity index (χ1v) is 4.98. The SMILES string of the molecule is CCOC(=O)Nc1cc(Cl)c(N)cc1Cl. The van der Waals surface area contributed by atoms with Crippen LogP contribution in [-0.4, -0.2) is 12.7 Å². The first kappa shape index (κ1) is 11.9. The third kappa shape index (κ3) is 3.18. The first-order chi connectivity index (χ1) is 7.04. The number of rotatable bonds is 2. The van der Waals surface area contributed by atoms with Crippen LogP contribution in [0.15, 0.2) is 12.1 Å². The summed E-state index contributed by atoms with van der Waals surface area (Å²) in [5.41, 5.74) is 6.25. The number of ether oxygens (including phenoxy) is 1. The number of nitrogens with two attached hydrogens (primary N) is 1. The molecule has 0 aromatic heterocycles. The smallest absolute Gasteiger partial charge is 0.411 e. The molecule has 3 N–H and O–H groups in total. The zero-order chi connectivity index (χ0) is 11.4. The second-order valence-electron chi connectivity index (χ2n) is 2.70. The minimum absolute atomic E-state index is 0.284. The van der Waals surface area contributed by atoms with Gasteiger partial charge in [0, 0.05) is 0 Å². The third-order valence-corrected chi connectivity index (χ3v) is 2.24. The molecule has 0 aliphatic carbocycles. The second kappa shape index (κ2) is 5.09. The van der Waals surface area contributed by atoms with E-state index in [2.05, 4.69) is 10.1 Å². The molecule has 0 saturated heterocycles. The Balaban J connectivity index is 2.86. The van der Waals surface area contributed by atoms with Gasteiger partial charge < -0.3 is 10.5 Å². The Morgan fingerprint density at radius 2 is 2.13 bits per heavy atom. The Morgan fingerprint density at radius 1 is 1.47 bits per heavy atom. The van der Waals surface area contributed by atoms with Gasteiger partial charge in [0.2, 0.25) is 0 Å². The average molecular weight is 249 g/mol. The number of halogens is 2. The Labute approximate surface area is 97.3 Å². The van der Waals surface area contributed by atoms with E-state index in [1.165, 1.54) is 12.1 Å². The molecular formula is C9H10Cl2N2O2. The topological polar surface area (TPSA) is 64.3 Å². The van der Waals surface area contributed by atoms with E-state index in [1.807, 2.05) is 0 Å². The van der Waals surface area contributed by atoms with Crippen LogP contribution in [0.3, 0.4) is 0 Å². The number of hydrogen-bond acceptors (Lipinski definition) is 3. The highest BCUT2D eigenvalue weighted by Gasteiger charge is 2.08. The molecule has 6 heteroatoms. The van der Waals surface area contributed by atoms with Gasteiger partial charge in [0.15, 0.2) is 0 Å². The fraction of sp³-hybridized carbons (Fsp3) is 0.222. The molecule has 1 aromatic rings. The molecule has 0 bridgehead atoms. The van der Waals surface area contributed by atoms with Gasteiger partial charge in [-0.05, 0) is 19.1 Å². The van der Waals surface area contributed by atoms with Crippen LogP contribution in [0.1, 0.15) is 6.92 Å². The molecule has 1 aromatic carbocycles. The van der Waals surface area contributed by atoms with Gasteiger partial charge in [-0.25, -0.2) is 4.79 Å². The third-order valence-electron chi connectivity index (χ3n) is 1.60. The van der Waals surface area contributed by atoms with Crippen LogP contribution >= 0.6 is 23.2 Å². The largest absolute Gasteiger partial charge is 0.450 e. The molecule has 0 atom stereocenters. The van der Waals surface area contributed by atoms with Crippen LogP contribution in [0.25, 0.3) is 0 Å². The number of benzene rings is 1. The van der Waals surface area contributed by atoms with E-state index in [9.17, 15) is 4.79 Å². The van der Waals surface area contributed by atoms with Crippen molar-refractivity contribution in [2.24, 2.45) is 0 Å². The predicted molar refractivity (Wildman–Crippen MR) is 61.5 cm³/mol. The average Bonchev–Trinajstić information content (AvgIpc) is 2.14. The van der Waals surface area contributed by atoms with Crippen LogP contribution < -0.4 is 11.1 Å². The van der Waals surface area contributed by atoms with Crippen LogP contribution in [0.2, 0.25) is 10.0 Å². The van der Waals surface area contributed by atoms with Crippen molar-refractivity contribution in [2.45, 2.75) is 6.92 Å². The molecule has 15 heavy (non-hydrogen) atoms. The molecule has 1 amide bonds. The molecular weight excluding hydrogens is 239 g/mol. The van der Waals surface area contributed by atoms with Gasteiger partial charge in [-0.2, -0.15) is 0 Å². The van der Waals surface area contributed by atoms with E-state index in [0.29, 0.717) is 21.4 Å². The number of nitrogens with one attached hydrogen (secondary N) is 1. The lowest BCUT2D eigenvalue weighted by Gasteiger charge is -2.08. The molecule has 0 aliphatic heterocycles. The highest BCUT2D eigenvalue weighted by atomic mass is 35.5. The summed E-state index contributed by atoms with van der Waals surface area (Å²) in [6.45, 7) is 1.99. The number of hydrogen-bond donors (Lipinski definition) is 2. The summed E-state index contributed by atoms with van der Waals surface area (Å²) in [5, 5.41) is 3.08. The van der Waals surface area contributed by atoms with E-state index in [4.69, 9.17) is 28.9 Å². The normalized spacial score (nSPS) is 9.80. The summed E-state index contributed by atoms with van der Waals surface area (Å²) in [6, 6.07) is 2.93. The second-order valence-corrected chi connectivity index (χ2v) is 3.51. The molecule has 0 heterocycles. The number of amides is 1. The summed E-state index contributed by atoms with van der Waals surface area (Å²) >= 11 is 11.6. The molecule has 4 nitrogen and oxygen atoms in total. The highest BCUT2D eigenvalue weighted by molar-refractivity contribution is 6.37. The number of carbonyl (C=O) groups is 1. The molecule has 0 radical (unpaired) electrons. The quantitative estimate of drug-likeness (QED) is 0.791. The van der Waals surface area contributed by atoms with Crippen molar-refractivity contribution < 1.29 is 9.53 Å². The van der Waals surface area contributed by atoms with Crippen LogP contribution in [0.4, 0.5) is 16.2 Å². The maximum absolute atomic E-state index is 11.1. The van der Waals surface area contributed by atoms with Crippen molar-refractivity contribution >= 4 is 40.7 Å². The maximum Gasteiger partial charge on any atom is 0.411 e. The summed E-state index contributed by atoms with van der Waals surface area (Å²) in [5.74, 6) is 0. The summed E-state index contributed by atoms with van der Waals surface area (Å²) in [6.07, 6.45) is -0.583. The number of nitrogen functional groups attached to an aromatic ring is 1. The van der Waals surface area contributed by atoms with Crippen molar-refractivity contribution in [3.05, 3.63) is 22.2 Å². The van der Waals surface area contributed by atoms with Crippen molar-refractivity contribution in [3.63, 3.8) is 0 Å². The zero-order valence-electron chi connectivity index (χ0n) is 8.01. The Kier molecular flexibility index (Phi) is 4.05. The summed E-state index contributed by atoms with van der Waals surface area (Å²) < 4.78 is 4.69. The van der Waals surface area contributed by atoms with Crippen LogP contribution in [0, 0.1) is 0 Å². The van der Waals surface area contributed by atoms with Gasteiger partial charge in [-0.1, -0.05) is 23.2 Å². The van der Waals surface area contributed by atoms with Crippen molar-refractivity contribution in [1.29, 1.82) is 0 Å².